The molecule has 0 bridgehead atoms. The average Bonchev–Trinajstić information content (AvgIpc) is 2.27. The molecule has 1 unspecified atom stereocenters. The molecule has 0 aliphatic heterocycles. The smallest absolute Gasteiger partial charge is 0.0271 e. The standard InChI is InChI=1S/C13H26N2/c1-4-15(5-2)11-10-14-13-9-7-6-8-12(13)3/h9,12,14H,4-8,10-11H2,1-3H3. The van der Waals surface area contributed by atoms with Gasteiger partial charge in [0.15, 0.2) is 0 Å². The minimum Gasteiger partial charge on any atom is -0.387 e. The van der Waals surface area contributed by atoms with E-state index in [1.165, 1.54) is 25.0 Å². The zero-order chi connectivity index (χ0) is 11.1. The van der Waals surface area contributed by atoms with Crippen molar-refractivity contribution < 1.29 is 0 Å². The molecule has 0 saturated carbocycles. The zero-order valence-electron chi connectivity index (χ0n) is 10.6. The summed E-state index contributed by atoms with van der Waals surface area (Å²) >= 11 is 0. The van der Waals surface area contributed by atoms with Crippen LogP contribution in [0.2, 0.25) is 0 Å². The molecule has 2 nitrogen and oxygen atoms in total. The third kappa shape index (κ3) is 4.25. The number of hydrogen-bond acceptors (Lipinski definition) is 2. The van der Waals surface area contributed by atoms with E-state index in [4.69, 9.17) is 0 Å². The van der Waals surface area contributed by atoms with Crippen LogP contribution in [-0.4, -0.2) is 31.1 Å². The van der Waals surface area contributed by atoms with E-state index in [-0.39, 0.29) is 0 Å². The Morgan fingerprint density at radius 3 is 2.73 bits per heavy atom. The molecule has 88 valence electrons. The van der Waals surface area contributed by atoms with Gasteiger partial charge in [-0.1, -0.05) is 26.8 Å². The van der Waals surface area contributed by atoms with Crippen LogP contribution in [0.3, 0.4) is 0 Å². The maximum Gasteiger partial charge on any atom is 0.0271 e. The highest BCUT2D eigenvalue weighted by Gasteiger charge is 2.11. The summed E-state index contributed by atoms with van der Waals surface area (Å²) in [5.41, 5.74) is 1.48. The molecule has 0 spiro atoms. The highest BCUT2D eigenvalue weighted by molar-refractivity contribution is 5.06. The van der Waals surface area contributed by atoms with Gasteiger partial charge in [0.05, 0.1) is 0 Å². The van der Waals surface area contributed by atoms with Gasteiger partial charge in [-0.3, -0.25) is 0 Å². The van der Waals surface area contributed by atoms with Crippen LogP contribution in [-0.2, 0) is 0 Å². The normalized spacial score (nSPS) is 21.6. The van der Waals surface area contributed by atoms with E-state index < -0.39 is 0 Å². The maximum absolute atomic E-state index is 3.59. The molecular formula is C13H26N2. The van der Waals surface area contributed by atoms with Crippen molar-refractivity contribution in [2.24, 2.45) is 5.92 Å². The quantitative estimate of drug-likeness (QED) is 0.725. The van der Waals surface area contributed by atoms with Gasteiger partial charge in [0, 0.05) is 18.8 Å². The Balaban J connectivity index is 2.21. The summed E-state index contributed by atoms with van der Waals surface area (Å²) in [5.74, 6) is 0.746. The third-order valence-corrected chi connectivity index (χ3v) is 3.39. The summed E-state index contributed by atoms with van der Waals surface area (Å²) in [4.78, 5) is 2.46. The van der Waals surface area contributed by atoms with Crippen LogP contribution < -0.4 is 5.32 Å². The Bertz CT molecular complexity index is 195. The van der Waals surface area contributed by atoms with Gasteiger partial charge in [0.2, 0.25) is 0 Å². The van der Waals surface area contributed by atoms with Gasteiger partial charge in [-0.25, -0.2) is 0 Å². The van der Waals surface area contributed by atoms with E-state index in [9.17, 15) is 0 Å². The largest absolute Gasteiger partial charge is 0.387 e. The second-order valence-electron chi connectivity index (χ2n) is 4.45. The fourth-order valence-corrected chi connectivity index (χ4v) is 2.18. The van der Waals surface area contributed by atoms with Crippen molar-refractivity contribution in [1.29, 1.82) is 0 Å². The van der Waals surface area contributed by atoms with Gasteiger partial charge < -0.3 is 10.2 Å². The Morgan fingerprint density at radius 1 is 1.40 bits per heavy atom. The number of nitrogens with one attached hydrogen (secondary N) is 1. The van der Waals surface area contributed by atoms with E-state index in [2.05, 4.69) is 37.1 Å². The summed E-state index contributed by atoms with van der Waals surface area (Å²) in [6.07, 6.45) is 6.36. The molecule has 0 fully saturated rings. The van der Waals surface area contributed by atoms with E-state index in [0.29, 0.717) is 0 Å². The summed E-state index contributed by atoms with van der Waals surface area (Å²) in [5, 5.41) is 3.59. The third-order valence-electron chi connectivity index (χ3n) is 3.39. The monoisotopic (exact) mass is 210 g/mol. The molecule has 0 radical (unpaired) electrons. The lowest BCUT2D eigenvalue weighted by Gasteiger charge is -2.24. The van der Waals surface area contributed by atoms with Crippen LogP contribution in [0.15, 0.2) is 11.8 Å². The topological polar surface area (TPSA) is 15.3 Å². The number of rotatable bonds is 6. The van der Waals surface area contributed by atoms with E-state index in [1.54, 1.807) is 0 Å². The van der Waals surface area contributed by atoms with Crippen molar-refractivity contribution in [3.05, 3.63) is 11.8 Å². The Hall–Kier alpha value is -0.500. The molecule has 0 aromatic heterocycles. The molecule has 1 atom stereocenters. The Labute approximate surface area is 94.7 Å². The summed E-state index contributed by atoms with van der Waals surface area (Å²) in [6, 6.07) is 0. The van der Waals surface area contributed by atoms with Gasteiger partial charge in [-0.15, -0.1) is 0 Å². The first-order valence-electron chi connectivity index (χ1n) is 6.44. The lowest BCUT2D eigenvalue weighted by atomic mass is 9.94. The van der Waals surface area contributed by atoms with Gasteiger partial charge in [0.1, 0.15) is 0 Å². The first-order chi connectivity index (χ1) is 7.27. The van der Waals surface area contributed by atoms with Gasteiger partial charge in [-0.2, -0.15) is 0 Å². The van der Waals surface area contributed by atoms with Crippen molar-refractivity contribution in [3.63, 3.8) is 0 Å². The molecule has 1 N–H and O–H groups in total. The zero-order valence-corrected chi connectivity index (χ0v) is 10.6. The number of nitrogens with zero attached hydrogens (tertiary/aromatic N) is 1. The Kier molecular flexibility index (Phi) is 5.77. The molecule has 0 amide bonds. The maximum atomic E-state index is 3.59. The number of likely N-dealkylation sites (N-methyl/N-ethyl adjacent to an activating group) is 1. The van der Waals surface area contributed by atoms with E-state index in [1.807, 2.05) is 0 Å². The van der Waals surface area contributed by atoms with Gasteiger partial charge in [0.25, 0.3) is 0 Å². The summed E-state index contributed by atoms with van der Waals surface area (Å²) < 4.78 is 0. The van der Waals surface area contributed by atoms with Crippen molar-refractivity contribution in [2.45, 2.75) is 40.0 Å². The fraction of sp³-hybridized carbons (Fsp3) is 0.846. The molecule has 0 aromatic carbocycles. The van der Waals surface area contributed by atoms with Crippen molar-refractivity contribution >= 4 is 0 Å². The molecule has 1 aliphatic rings. The summed E-state index contributed by atoms with van der Waals surface area (Å²) in [6.45, 7) is 11.4. The van der Waals surface area contributed by atoms with E-state index in [0.717, 1.165) is 32.1 Å². The lowest BCUT2D eigenvalue weighted by Crippen LogP contribution is -2.33. The van der Waals surface area contributed by atoms with E-state index >= 15 is 0 Å². The minimum absolute atomic E-state index is 0.746. The van der Waals surface area contributed by atoms with Crippen molar-refractivity contribution in [2.75, 3.05) is 26.2 Å². The first kappa shape index (κ1) is 12.6. The number of hydrogen-bond donors (Lipinski definition) is 1. The van der Waals surface area contributed by atoms with Crippen LogP contribution in [0.25, 0.3) is 0 Å². The Morgan fingerprint density at radius 2 is 2.13 bits per heavy atom. The van der Waals surface area contributed by atoms with Crippen LogP contribution in [0, 0.1) is 5.92 Å². The highest BCUT2D eigenvalue weighted by Crippen LogP contribution is 2.21. The molecule has 0 aromatic rings. The minimum atomic E-state index is 0.746. The second kappa shape index (κ2) is 6.89. The van der Waals surface area contributed by atoms with Crippen LogP contribution >= 0.6 is 0 Å². The average molecular weight is 210 g/mol. The predicted molar refractivity (Wildman–Crippen MR) is 66.9 cm³/mol. The molecule has 0 saturated heterocycles. The molecule has 1 rings (SSSR count). The molecule has 1 aliphatic carbocycles. The molecule has 0 heterocycles. The number of allylic oxidation sites excluding steroid dienone is 2. The molecular weight excluding hydrogens is 184 g/mol. The van der Waals surface area contributed by atoms with Gasteiger partial charge >= 0.3 is 0 Å². The molecule has 15 heavy (non-hydrogen) atoms. The second-order valence-corrected chi connectivity index (χ2v) is 4.45. The SMILES string of the molecule is CCN(CC)CCNC1=CCCCC1C. The summed E-state index contributed by atoms with van der Waals surface area (Å²) in [7, 11) is 0. The highest BCUT2D eigenvalue weighted by atomic mass is 15.1. The van der Waals surface area contributed by atoms with Crippen LogP contribution in [0.4, 0.5) is 0 Å². The first-order valence-corrected chi connectivity index (χ1v) is 6.44. The van der Waals surface area contributed by atoms with Crippen LogP contribution in [0.1, 0.15) is 40.0 Å². The van der Waals surface area contributed by atoms with Crippen LogP contribution in [0.5, 0.6) is 0 Å². The molecule has 2 heteroatoms. The van der Waals surface area contributed by atoms with Crippen molar-refractivity contribution in [1.82, 2.24) is 10.2 Å². The van der Waals surface area contributed by atoms with Crippen molar-refractivity contribution in [3.8, 4) is 0 Å². The predicted octanol–water partition coefficient (Wildman–Crippen LogP) is 2.62. The lowest BCUT2D eigenvalue weighted by molar-refractivity contribution is 0.303. The van der Waals surface area contributed by atoms with Gasteiger partial charge in [-0.05, 0) is 38.3 Å². The fourth-order valence-electron chi connectivity index (χ4n) is 2.18.